The van der Waals surface area contributed by atoms with Crippen LogP contribution < -0.4 is 0 Å². The summed E-state index contributed by atoms with van der Waals surface area (Å²) in [6.45, 7) is 16.2. The van der Waals surface area contributed by atoms with E-state index in [1.807, 2.05) is 6.08 Å². The fraction of sp³-hybridized carbons (Fsp3) is 0.900. The molecule has 0 radical (unpaired) electrons. The molecule has 2 saturated carbocycles. The Balaban J connectivity index is 1.94. The molecule has 0 amide bonds. The van der Waals surface area contributed by atoms with Gasteiger partial charge in [0, 0.05) is 0 Å². The second-order valence-electron chi connectivity index (χ2n) is 9.46. The van der Waals surface area contributed by atoms with Crippen molar-refractivity contribution in [1.29, 1.82) is 0 Å². The van der Waals surface area contributed by atoms with Crippen molar-refractivity contribution < 1.29 is 4.74 Å². The van der Waals surface area contributed by atoms with Crippen molar-refractivity contribution >= 4 is 0 Å². The minimum atomic E-state index is -0.112. The molecule has 3 fully saturated rings. The molecule has 5 atom stereocenters. The molecule has 21 heavy (non-hydrogen) atoms. The van der Waals surface area contributed by atoms with E-state index in [1.165, 1.54) is 38.5 Å². The van der Waals surface area contributed by atoms with Crippen molar-refractivity contribution in [3.8, 4) is 0 Å². The summed E-state index contributed by atoms with van der Waals surface area (Å²) in [5.74, 6) is 1.59. The van der Waals surface area contributed by atoms with Crippen LogP contribution in [0.3, 0.4) is 0 Å². The van der Waals surface area contributed by atoms with Gasteiger partial charge in [0.25, 0.3) is 0 Å². The van der Waals surface area contributed by atoms with Gasteiger partial charge in [-0.2, -0.15) is 0 Å². The predicted octanol–water partition coefficient (Wildman–Crippen LogP) is 5.74. The normalized spacial score (nSPS) is 52.6. The third kappa shape index (κ3) is 2.22. The maximum Gasteiger partial charge on any atom is 0.0839 e. The van der Waals surface area contributed by atoms with Gasteiger partial charge in [-0.05, 0) is 75.0 Å². The van der Waals surface area contributed by atoms with Gasteiger partial charge < -0.3 is 4.74 Å². The lowest BCUT2D eigenvalue weighted by Crippen LogP contribution is -2.62. The zero-order valence-corrected chi connectivity index (χ0v) is 14.8. The van der Waals surface area contributed by atoms with E-state index in [4.69, 9.17) is 4.74 Å². The van der Waals surface area contributed by atoms with E-state index >= 15 is 0 Å². The molecular weight excluding hydrogens is 256 g/mol. The molecule has 1 heteroatoms. The molecule has 1 aliphatic heterocycles. The Hall–Kier alpha value is -0.300. The molecule has 1 heterocycles. The van der Waals surface area contributed by atoms with Crippen molar-refractivity contribution in [1.82, 2.24) is 0 Å². The highest BCUT2D eigenvalue weighted by atomic mass is 16.5. The van der Waals surface area contributed by atoms with E-state index in [1.54, 1.807) is 0 Å². The molecule has 120 valence electrons. The molecule has 2 aliphatic carbocycles. The van der Waals surface area contributed by atoms with E-state index in [-0.39, 0.29) is 11.2 Å². The summed E-state index contributed by atoms with van der Waals surface area (Å²) >= 11 is 0. The van der Waals surface area contributed by atoms with Gasteiger partial charge in [-0.25, -0.2) is 0 Å². The standard InChI is InChI=1S/C20H34O/c1-7-18(4)13-9-16-19(5)12-8-11-17(2,3)15(19)10-14-20(16,6)21-18/h7,15-16H,1,8-14H2,2-6H3/t15-,16+,18+,19-,20+/m1/s1. The highest BCUT2D eigenvalue weighted by Gasteiger charge is 2.61. The van der Waals surface area contributed by atoms with Crippen LogP contribution in [0.4, 0.5) is 0 Å². The zero-order chi connectivity index (χ0) is 15.5. The molecule has 0 spiro atoms. The van der Waals surface area contributed by atoms with Crippen LogP contribution in [0, 0.1) is 22.7 Å². The number of ether oxygens (including phenoxy) is 1. The third-order valence-corrected chi connectivity index (χ3v) is 7.57. The second kappa shape index (κ2) is 4.60. The molecule has 0 aromatic rings. The zero-order valence-electron chi connectivity index (χ0n) is 14.8. The highest BCUT2D eigenvalue weighted by Crippen LogP contribution is 2.65. The Morgan fingerprint density at radius 2 is 1.57 bits per heavy atom. The molecule has 1 saturated heterocycles. The Morgan fingerprint density at radius 1 is 0.905 bits per heavy atom. The molecule has 0 N–H and O–H groups in total. The highest BCUT2D eigenvalue weighted by molar-refractivity contribution is 5.12. The summed E-state index contributed by atoms with van der Waals surface area (Å²) in [4.78, 5) is 0. The van der Waals surface area contributed by atoms with Crippen LogP contribution in [0.25, 0.3) is 0 Å². The number of fused-ring (bicyclic) bond motifs is 3. The van der Waals surface area contributed by atoms with Crippen LogP contribution >= 0.6 is 0 Å². The van der Waals surface area contributed by atoms with E-state index in [0.717, 1.165) is 18.3 Å². The van der Waals surface area contributed by atoms with Gasteiger partial charge >= 0.3 is 0 Å². The van der Waals surface area contributed by atoms with Crippen molar-refractivity contribution in [2.75, 3.05) is 0 Å². The van der Waals surface area contributed by atoms with Gasteiger partial charge in [0.1, 0.15) is 0 Å². The van der Waals surface area contributed by atoms with Crippen molar-refractivity contribution in [3.63, 3.8) is 0 Å². The average Bonchev–Trinajstić information content (AvgIpc) is 2.36. The molecule has 1 nitrogen and oxygen atoms in total. The molecule has 3 aliphatic rings. The maximum atomic E-state index is 6.68. The summed E-state index contributed by atoms with van der Waals surface area (Å²) in [6, 6.07) is 0. The van der Waals surface area contributed by atoms with Gasteiger partial charge in [-0.1, -0.05) is 33.3 Å². The summed E-state index contributed by atoms with van der Waals surface area (Å²) < 4.78 is 6.68. The minimum Gasteiger partial charge on any atom is -0.365 e. The Morgan fingerprint density at radius 3 is 2.24 bits per heavy atom. The van der Waals surface area contributed by atoms with Gasteiger partial charge in [0.05, 0.1) is 11.2 Å². The van der Waals surface area contributed by atoms with Gasteiger partial charge in [0.2, 0.25) is 0 Å². The van der Waals surface area contributed by atoms with Crippen LogP contribution in [0.5, 0.6) is 0 Å². The SMILES string of the molecule is C=C[C@@]1(C)CC[C@H]2[C@]3(C)CCCC(C)(C)[C@H]3CC[C@]2(C)O1. The van der Waals surface area contributed by atoms with Gasteiger partial charge in [0.15, 0.2) is 0 Å². The second-order valence-corrected chi connectivity index (χ2v) is 9.46. The number of hydrogen-bond donors (Lipinski definition) is 0. The van der Waals surface area contributed by atoms with Crippen LogP contribution in [0.15, 0.2) is 12.7 Å². The van der Waals surface area contributed by atoms with E-state index < -0.39 is 0 Å². The summed E-state index contributed by atoms with van der Waals surface area (Å²) in [5, 5.41) is 0. The van der Waals surface area contributed by atoms with Gasteiger partial charge in [-0.15, -0.1) is 6.58 Å². The van der Waals surface area contributed by atoms with E-state index in [9.17, 15) is 0 Å². The first-order chi connectivity index (χ1) is 9.65. The Bertz CT molecular complexity index is 439. The first-order valence-corrected chi connectivity index (χ1v) is 8.99. The molecular formula is C20H34O. The smallest absolute Gasteiger partial charge is 0.0839 e. The fourth-order valence-electron chi connectivity index (χ4n) is 6.52. The largest absolute Gasteiger partial charge is 0.365 e. The van der Waals surface area contributed by atoms with Crippen LogP contribution in [0.2, 0.25) is 0 Å². The summed E-state index contributed by atoms with van der Waals surface area (Å²) in [5.41, 5.74) is 0.920. The Kier molecular flexibility index (Phi) is 3.41. The maximum absolute atomic E-state index is 6.68. The fourth-order valence-corrected chi connectivity index (χ4v) is 6.52. The molecule has 0 bridgehead atoms. The monoisotopic (exact) mass is 290 g/mol. The Labute approximate surface area is 131 Å². The summed E-state index contributed by atoms with van der Waals surface area (Å²) in [6.07, 6.45) is 11.2. The average molecular weight is 290 g/mol. The molecule has 0 aromatic carbocycles. The first kappa shape index (κ1) is 15.6. The molecule has 3 rings (SSSR count). The van der Waals surface area contributed by atoms with Crippen LogP contribution in [-0.4, -0.2) is 11.2 Å². The van der Waals surface area contributed by atoms with Crippen LogP contribution in [-0.2, 0) is 4.74 Å². The lowest BCUT2D eigenvalue weighted by molar-refractivity contribution is -0.252. The van der Waals surface area contributed by atoms with Crippen LogP contribution in [0.1, 0.15) is 79.6 Å². The topological polar surface area (TPSA) is 9.23 Å². The van der Waals surface area contributed by atoms with Gasteiger partial charge in [-0.3, -0.25) is 0 Å². The third-order valence-electron chi connectivity index (χ3n) is 7.57. The lowest BCUT2D eigenvalue weighted by atomic mass is 9.44. The van der Waals surface area contributed by atoms with E-state index in [0.29, 0.717) is 10.8 Å². The van der Waals surface area contributed by atoms with Crippen molar-refractivity contribution in [3.05, 3.63) is 12.7 Å². The first-order valence-electron chi connectivity index (χ1n) is 8.99. The minimum absolute atomic E-state index is 0.0554. The molecule has 0 aromatic heterocycles. The molecule has 0 unspecified atom stereocenters. The number of rotatable bonds is 1. The number of hydrogen-bond acceptors (Lipinski definition) is 1. The predicted molar refractivity (Wildman–Crippen MR) is 89.3 cm³/mol. The van der Waals surface area contributed by atoms with E-state index in [2.05, 4.69) is 41.2 Å². The summed E-state index contributed by atoms with van der Waals surface area (Å²) in [7, 11) is 0. The quantitative estimate of drug-likeness (QED) is 0.559. The van der Waals surface area contributed by atoms with Crippen molar-refractivity contribution in [2.45, 2.75) is 90.8 Å². The van der Waals surface area contributed by atoms with Crippen molar-refractivity contribution in [2.24, 2.45) is 22.7 Å². The lowest BCUT2D eigenvalue weighted by Gasteiger charge is -2.65.